The molecule has 5 aliphatic carbocycles. The van der Waals surface area contributed by atoms with Gasteiger partial charge in [-0.1, -0.05) is 60.1 Å². The predicted octanol–water partition coefficient (Wildman–Crippen LogP) is 7.09. The number of hydrogen-bond donors (Lipinski definition) is 4. The van der Waals surface area contributed by atoms with Gasteiger partial charge in [-0.15, -0.1) is 0 Å². The monoisotopic (exact) mass is 620 g/mol. The van der Waals surface area contributed by atoms with Crippen LogP contribution in [0.2, 0.25) is 0 Å². The third-order valence-corrected chi connectivity index (χ3v) is 14.9. The van der Waals surface area contributed by atoms with Gasteiger partial charge in [-0.25, -0.2) is 13.6 Å². The smallest absolute Gasteiger partial charge is 0.329 e. The Bertz CT molecular complexity index is 1200. The number of aliphatic hydroxyl groups is 1. The van der Waals surface area contributed by atoms with Gasteiger partial charge in [0.05, 0.1) is 11.5 Å². The Morgan fingerprint density at radius 1 is 1.00 bits per heavy atom. The zero-order chi connectivity index (χ0) is 32.7. The van der Waals surface area contributed by atoms with Crippen LogP contribution in [0.4, 0.5) is 8.78 Å². The molecule has 0 spiro atoms. The van der Waals surface area contributed by atoms with E-state index in [1.54, 1.807) is 0 Å². The maximum absolute atomic E-state index is 14.2. The molecule has 44 heavy (non-hydrogen) atoms. The number of allylic oxidation sites excluding steroid dienone is 2. The fourth-order valence-corrected chi connectivity index (χ4v) is 11.7. The highest BCUT2D eigenvalue weighted by molar-refractivity contribution is 5.84. The lowest BCUT2D eigenvalue weighted by atomic mass is 9.33. The lowest BCUT2D eigenvalue weighted by Gasteiger charge is -2.71. The van der Waals surface area contributed by atoms with Crippen LogP contribution in [0.3, 0.4) is 0 Å². The average Bonchev–Trinajstić information content (AvgIpc) is 2.93. The van der Waals surface area contributed by atoms with Crippen LogP contribution in [0.1, 0.15) is 126 Å². The molecule has 4 fully saturated rings. The van der Waals surface area contributed by atoms with Crippen molar-refractivity contribution in [3.63, 3.8) is 0 Å². The number of nitrogens with one attached hydrogen (secondary N) is 1. The standard InChI is InChI=1S/C36H58F2N2O4/c1-30(2)16-18-35(28(42)40-20-8-13-36(39,27(37)38)29(43)44)19-17-33(6)22(23(35)21-30)9-10-25-32(5)14-12-26(41)31(3,4)24(32)11-15-34(25,33)7/h9,23-27,41H,8,10-21,39H2,1-7H3,(H,40,42)(H,43,44). The molecule has 8 heteroatoms. The van der Waals surface area contributed by atoms with Crippen LogP contribution in [-0.4, -0.2) is 46.7 Å². The van der Waals surface area contributed by atoms with E-state index in [0.717, 1.165) is 64.2 Å². The van der Waals surface area contributed by atoms with Gasteiger partial charge in [-0.3, -0.25) is 4.79 Å². The summed E-state index contributed by atoms with van der Waals surface area (Å²) in [7, 11) is 0. The van der Waals surface area contributed by atoms with E-state index in [1.807, 2.05) is 0 Å². The number of amides is 1. The van der Waals surface area contributed by atoms with Crippen molar-refractivity contribution in [2.24, 2.45) is 56.0 Å². The first-order valence-electron chi connectivity index (χ1n) is 17.2. The summed E-state index contributed by atoms with van der Waals surface area (Å²) in [5.41, 5.74) is 4.08. The fraction of sp³-hybridized carbons (Fsp3) is 0.889. The number of nitrogens with two attached hydrogens (primary N) is 1. The van der Waals surface area contributed by atoms with Crippen molar-refractivity contribution in [2.75, 3.05) is 6.54 Å². The molecule has 0 saturated heterocycles. The van der Waals surface area contributed by atoms with Crippen molar-refractivity contribution in [2.45, 2.75) is 144 Å². The maximum Gasteiger partial charge on any atom is 0.329 e. The molecular formula is C36H58F2N2O4. The minimum Gasteiger partial charge on any atom is -0.480 e. The summed E-state index contributed by atoms with van der Waals surface area (Å²) < 4.78 is 26.8. The molecule has 0 aromatic heterocycles. The fourth-order valence-electron chi connectivity index (χ4n) is 11.7. The van der Waals surface area contributed by atoms with Gasteiger partial charge >= 0.3 is 5.97 Å². The number of carbonyl (C=O) groups is 2. The minimum absolute atomic E-state index is 0.0121. The number of aliphatic hydroxyl groups excluding tert-OH is 1. The number of fused-ring (bicyclic) bond motifs is 7. The van der Waals surface area contributed by atoms with E-state index in [-0.39, 0.29) is 58.0 Å². The number of carboxylic acids is 1. The van der Waals surface area contributed by atoms with E-state index in [1.165, 1.54) is 5.57 Å². The molecule has 5 N–H and O–H groups in total. The van der Waals surface area contributed by atoms with E-state index in [9.17, 15) is 28.6 Å². The topological polar surface area (TPSA) is 113 Å². The molecule has 250 valence electrons. The van der Waals surface area contributed by atoms with Gasteiger partial charge in [0.15, 0.2) is 5.54 Å². The largest absolute Gasteiger partial charge is 0.480 e. The van der Waals surface area contributed by atoms with Gasteiger partial charge in [-0.2, -0.15) is 0 Å². The third kappa shape index (κ3) is 4.73. The summed E-state index contributed by atoms with van der Waals surface area (Å²) >= 11 is 0. The molecule has 9 unspecified atom stereocenters. The maximum atomic E-state index is 14.2. The number of carboxylic acid groups (broad SMARTS) is 1. The molecule has 0 radical (unpaired) electrons. The molecule has 9 atom stereocenters. The molecule has 0 aromatic rings. The Hall–Kier alpha value is -1.54. The zero-order valence-electron chi connectivity index (χ0n) is 28.2. The molecule has 0 aromatic carbocycles. The van der Waals surface area contributed by atoms with E-state index in [2.05, 4.69) is 59.9 Å². The first-order valence-corrected chi connectivity index (χ1v) is 17.2. The van der Waals surface area contributed by atoms with Crippen molar-refractivity contribution in [1.82, 2.24) is 5.32 Å². The van der Waals surface area contributed by atoms with Crippen molar-refractivity contribution < 1.29 is 28.6 Å². The van der Waals surface area contributed by atoms with E-state index >= 15 is 0 Å². The molecule has 4 saturated carbocycles. The van der Waals surface area contributed by atoms with E-state index in [0.29, 0.717) is 11.8 Å². The Labute approximate surface area is 263 Å². The predicted molar refractivity (Wildman–Crippen MR) is 168 cm³/mol. The normalized spacial score (nSPS) is 43.8. The lowest BCUT2D eigenvalue weighted by Crippen LogP contribution is -2.65. The van der Waals surface area contributed by atoms with Crippen LogP contribution in [0.25, 0.3) is 0 Å². The summed E-state index contributed by atoms with van der Waals surface area (Å²) in [5.74, 6) is -0.609. The average molecular weight is 621 g/mol. The summed E-state index contributed by atoms with van der Waals surface area (Å²) in [5, 5.41) is 23.3. The van der Waals surface area contributed by atoms with Gasteiger partial charge in [0.25, 0.3) is 6.43 Å². The number of rotatable bonds is 7. The van der Waals surface area contributed by atoms with Gasteiger partial charge in [-0.05, 0) is 122 Å². The zero-order valence-corrected chi connectivity index (χ0v) is 28.2. The highest BCUT2D eigenvalue weighted by Gasteiger charge is 2.69. The van der Waals surface area contributed by atoms with Crippen LogP contribution in [0.5, 0.6) is 0 Å². The molecule has 0 bridgehead atoms. The summed E-state index contributed by atoms with van der Waals surface area (Å²) in [6.45, 7) is 16.8. The van der Waals surface area contributed by atoms with Crippen LogP contribution in [0, 0.1) is 50.2 Å². The Morgan fingerprint density at radius 2 is 1.66 bits per heavy atom. The molecule has 0 aliphatic heterocycles. The van der Waals surface area contributed by atoms with Crippen LogP contribution >= 0.6 is 0 Å². The number of hydrogen-bond acceptors (Lipinski definition) is 4. The van der Waals surface area contributed by atoms with E-state index < -0.39 is 29.8 Å². The first kappa shape index (κ1) is 33.8. The number of carbonyl (C=O) groups excluding carboxylic acids is 1. The van der Waals surface area contributed by atoms with Gasteiger partial charge in [0, 0.05) is 6.54 Å². The van der Waals surface area contributed by atoms with Crippen LogP contribution in [-0.2, 0) is 9.59 Å². The Balaban J connectivity index is 1.43. The molecule has 0 heterocycles. The Kier molecular flexibility index (Phi) is 8.26. The van der Waals surface area contributed by atoms with Crippen LogP contribution in [0.15, 0.2) is 11.6 Å². The number of aliphatic carboxylic acids is 1. The van der Waals surface area contributed by atoms with Crippen LogP contribution < -0.4 is 11.1 Å². The van der Waals surface area contributed by atoms with Gasteiger partial charge in [0.2, 0.25) is 5.91 Å². The summed E-state index contributed by atoms with van der Waals surface area (Å²) in [6, 6.07) is 0. The molecular weight excluding hydrogens is 562 g/mol. The molecule has 5 rings (SSSR count). The molecule has 1 amide bonds. The van der Waals surface area contributed by atoms with Crippen molar-refractivity contribution in [3.8, 4) is 0 Å². The van der Waals surface area contributed by atoms with Gasteiger partial charge < -0.3 is 21.3 Å². The van der Waals surface area contributed by atoms with Crippen molar-refractivity contribution in [1.29, 1.82) is 0 Å². The number of alkyl halides is 2. The minimum atomic E-state index is -3.18. The van der Waals surface area contributed by atoms with E-state index in [4.69, 9.17) is 5.73 Å². The highest BCUT2D eigenvalue weighted by atomic mass is 19.3. The third-order valence-electron chi connectivity index (χ3n) is 14.9. The SMILES string of the molecule is CC1(C)CCC2(C(=O)NCCCC(N)(C(=O)O)C(F)F)CCC3(C)C(=CCC4C5(C)CCC(O)C(C)(C)C5CCC43C)C2C1. The molecule has 5 aliphatic rings. The van der Waals surface area contributed by atoms with Gasteiger partial charge in [0.1, 0.15) is 0 Å². The quantitative estimate of drug-likeness (QED) is 0.179. The van der Waals surface area contributed by atoms with Crippen molar-refractivity contribution >= 4 is 11.9 Å². The first-order chi connectivity index (χ1) is 20.2. The second-order valence-corrected chi connectivity index (χ2v) is 17.8. The molecule has 6 nitrogen and oxygen atoms in total. The summed E-state index contributed by atoms with van der Waals surface area (Å²) in [6.07, 6.45) is 8.38. The number of halogens is 2. The lowest BCUT2D eigenvalue weighted by molar-refractivity contribution is -0.203. The Morgan fingerprint density at radius 3 is 2.30 bits per heavy atom. The summed E-state index contributed by atoms with van der Waals surface area (Å²) in [4.78, 5) is 25.6. The highest BCUT2D eigenvalue weighted by Crippen LogP contribution is 2.75. The second-order valence-electron chi connectivity index (χ2n) is 17.8. The second kappa shape index (κ2) is 10.7. The van der Waals surface area contributed by atoms with Crippen molar-refractivity contribution in [3.05, 3.63) is 11.6 Å².